The second-order valence-corrected chi connectivity index (χ2v) is 5.62. The maximum atomic E-state index is 9.32. The van der Waals surface area contributed by atoms with Crippen LogP contribution in [0.1, 0.15) is 23.2 Å². The quantitative estimate of drug-likeness (QED) is 0.720. The number of aromatic nitrogens is 2. The summed E-state index contributed by atoms with van der Waals surface area (Å²) >= 11 is 0. The molecule has 2 aromatic carbocycles. The van der Waals surface area contributed by atoms with Gasteiger partial charge in [0.05, 0.1) is 23.1 Å². The number of ether oxygens (including phenoxy) is 1. The minimum Gasteiger partial charge on any atom is -0.487 e. The van der Waals surface area contributed by atoms with Crippen LogP contribution in [-0.2, 0) is 13.0 Å². The number of aliphatic hydroxyl groups is 1. The summed E-state index contributed by atoms with van der Waals surface area (Å²) in [5.74, 6) is 0.734. The van der Waals surface area contributed by atoms with E-state index in [0.29, 0.717) is 5.56 Å². The average molecular weight is 333 g/mol. The number of nitriles is 1. The normalized spacial score (nSPS) is 10.4. The van der Waals surface area contributed by atoms with Crippen molar-refractivity contribution in [2.24, 2.45) is 0 Å². The molecule has 0 unspecified atom stereocenters. The van der Waals surface area contributed by atoms with Crippen LogP contribution < -0.4 is 4.74 Å². The molecule has 0 atom stereocenters. The number of benzene rings is 2. The summed E-state index contributed by atoms with van der Waals surface area (Å²) in [6, 6.07) is 19.6. The van der Waals surface area contributed by atoms with Crippen LogP contribution in [0.15, 0.2) is 60.8 Å². The maximum absolute atomic E-state index is 9.32. The van der Waals surface area contributed by atoms with E-state index >= 15 is 0 Å². The van der Waals surface area contributed by atoms with Gasteiger partial charge in [0.2, 0.25) is 0 Å². The zero-order valence-electron chi connectivity index (χ0n) is 13.8. The smallest absolute Gasteiger partial charge is 0.132 e. The Bertz CT molecular complexity index is 849. The Morgan fingerprint density at radius 1 is 1.08 bits per heavy atom. The summed E-state index contributed by atoms with van der Waals surface area (Å²) < 4.78 is 7.58. The molecule has 3 aromatic rings. The van der Waals surface area contributed by atoms with E-state index in [4.69, 9.17) is 9.84 Å². The molecule has 0 saturated heterocycles. The van der Waals surface area contributed by atoms with E-state index < -0.39 is 0 Å². The number of para-hydroxylation sites is 1. The molecular weight excluding hydrogens is 314 g/mol. The molecular formula is C20H19N3O2. The van der Waals surface area contributed by atoms with Gasteiger partial charge in [0.1, 0.15) is 18.4 Å². The summed E-state index contributed by atoms with van der Waals surface area (Å²) in [6.07, 6.45) is 3.15. The van der Waals surface area contributed by atoms with E-state index in [1.807, 2.05) is 54.6 Å². The Hall–Kier alpha value is -3.10. The van der Waals surface area contributed by atoms with E-state index in [1.54, 1.807) is 10.9 Å². The summed E-state index contributed by atoms with van der Waals surface area (Å²) in [7, 11) is 0. The summed E-state index contributed by atoms with van der Waals surface area (Å²) in [4.78, 5) is 0. The van der Waals surface area contributed by atoms with Crippen molar-refractivity contribution in [3.8, 4) is 17.5 Å². The first-order valence-corrected chi connectivity index (χ1v) is 8.17. The molecule has 0 aliphatic rings. The van der Waals surface area contributed by atoms with Crippen molar-refractivity contribution in [2.45, 2.75) is 19.4 Å². The lowest BCUT2D eigenvalue weighted by atomic mass is 10.1. The van der Waals surface area contributed by atoms with Crippen molar-refractivity contribution in [3.05, 3.63) is 77.6 Å². The van der Waals surface area contributed by atoms with Crippen LogP contribution in [0, 0.1) is 11.3 Å². The molecule has 1 aromatic heterocycles. The first kappa shape index (κ1) is 16.7. The fourth-order valence-electron chi connectivity index (χ4n) is 2.58. The lowest BCUT2D eigenvalue weighted by Crippen LogP contribution is -2.07. The average Bonchev–Trinajstić information content (AvgIpc) is 3.09. The van der Waals surface area contributed by atoms with Crippen LogP contribution in [0.4, 0.5) is 0 Å². The molecule has 0 amide bonds. The van der Waals surface area contributed by atoms with Gasteiger partial charge < -0.3 is 9.84 Å². The van der Waals surface area contributed by atoms with Crippen LogP contribution in [-0.4, -0.2) is 21.5 Å². The van der Waals surface area contributed by atoms with Gasteiger partial charge in [-0.15, -0.1) is 0 Å². The van der Waals surface area contributed by atoms with Gasteiger partial charge in [0.15, 0.2) is 0 Å². The summed E-state index contributed by atoms with van der Waals surface area (Å²) in [5, 5.41) is 22.5. The number of nitrogens with zero attached hydrogens (tertiary/aromatic N) is 3. The Kier molecular flexibility index (Phi) is 5.45. The second kappa shape index (κ2) is 8.13. The largest absolute Gasteiger partial charge is 0.487 e. The maximum Gasteiger partial charge on any atom is 0.132 e. The molecule has 0 spiro atoms. The van der Waals surface area contributed by atoms with Crippen LogP contribution in [0.5, 0.6) is 5.75 Å². The zero-order valence-corrected chi connectivity index (χ0v) is 13.8. The monoisotopic (exact) mass is 333 g/mol. The van der Waals surface area contributed by atoms with Gasteiger partial charge in [-0.25, -0.2) is 4.68 Å². The second-order valence-electron chi connectivity index (χ2n) is 5.62. The van der Waals surface area contributed by atoms with Gasteiger partial charge in [0.25, 0.3) is 0 Å². The molecule has 0 radical (unpaired) electrons. The lowest BCUT2D eigenvalue weighted by molar-refractivity contribution is 0.288. The third-order valence-electron chi connectivity index (χ3n) is 3.91. The molecule has 3 rings (SSSR count). The summed E-state index contributed by atoms with van der Waals surface area (Å²) in [6.45, 7) is 0.451. The minimum atomic E-state index is 0.193. The van der Waals surface area contributed by atoms with E-state index in [1.165, 1.54) is 0 Å². The van der Waals surface area contributed by atoms with Crippen molar-refractivity contribution in [1.29, 1.82) is 5.26 Å². The number of rotatable bonds is 7. The summed E-state index contributed by atoms with van der Waals surface area (Å²) in [5.41, 5.74) is 3.27. The number of hydrogen-bond donors (Lipinski definition) is 1. The van der Waals surface area contributed by atoms with Crippen molar-refractivity contribution >= 4 is 0 Å². The standard InChI is InChI=1S/C20H19N3O2/c21-13-17-14-22-23(18-6-2-1-3-7-18)20(17)15-25-19-10-8-16(9-11-19)5-4-12-24/h1-3,6-11,14,24H,4-5,12,15H2. The lowest BCUT2D eigenvalue weighted by Gasteiger charge is -2.10. The molecule has 0 aliphatic heterocycles. The molecule has 25 heavy (non-hydrogen) atoms. The highest BCUT2D eigenvalue weighted by Crippen LogP contribution is 2.19. The van der Waals surface area contributed by atoms with Gasteiger partial charge in [-0.2, -0.15) is 10.4 Å². The van der Waals surface area contributed by atoms with Gasteiger partial charge in [-0.3, -0.25) is 0 Å². The van der Waals surface area contributed by atoms with Crippen molar-refractivity contribution in [3.63, 3.8) is 0 Å². The van der Waals surface area contributed by atoms with Gasteiger partial charge in [0, 0.05) is 6.61 Å². The number of hydrogen-bond acceptors (Lipinski definition) is 4. The van der Waals surface area contributed by atoms with Gasteiger partial charge in [-0.05, 0) is 42.7 Å². The Labute approximate surface area is 146 Å². The van der Waals surface area contributed by atoms with E-state index in [2.05, 4.69) is 11.2 Å². The Morgan fingerprint density at radius 2 is 1.84 bits per heavy atom. The third-order valence-corrected chi connectivity index (χ3v) is 3.91. The number of aryl methyl sites for hydroxylation is 1. The molecule has 0 bridgehead atoms. The van der Waals surface area contributed by atoms with Crippen molar-refractivity contribution in [2.75, 3.05) is 6.61 Å². The SMILES string of the molecule is N#Cc1cnn(-c2ccccc2)c1COc1ccc(CCCO)cc1. The molecule has 0 fully saturated rings. The molecule has 126 valence electrons. The van der Waals surface area contributed by atoms with Crippen LogP contribution >= 0.6 is 0 Å². The predicted octanol–water partition coefficient (Wildman–Crippen LogP) is 3.25. The topological polar surface area (TPSA) is 71.1 Å². The molecule has 1 heterocycles. The predicted molar refractivity (Wildman–Crippen MR) is 94.5 cm³/mol. The molecule has 5 heteroatoms. The fourth-order valence-corrected chi connectivity index (χ4v) is 2.58. The van der Waals surface area contributed by atoms with Crippen molar-refractivity contribution in [1.82, 2.24) is 9.78 Å². The van der Waals surface area contributed by atoms with E-state index in [-0.39, 0.29) is 13.2 Å². The molecule has 1 N–H and O–H groups in total. The van der Waals surface area contributed by atoms with Crippen LogP contribution in [0.25, 0.3) is 5.69 Å². The molecule has 0 aliphatic carbocycles. The molecule has 5 nitrogen and oxygen atoms in total. The van der Waals surface area contributed by atoms with Gasteiger partial charge >= 0.3 is 0 Å². The molecule has 0 saturated carbocycles. The highest BCUT2D eigenvalue weighted by molar-refractivity contribution is 5.39. The highest BCUT2D eigenvalue weighted by atomic mass is 16.5. The van der Waals surface area contributed by atoms with Crippen LogP contribution in [0.3, 0.4) is 0 Å². The highest BCUT2D eigenvalue weighted by Gasteiger charge is 2.13. The number of aliphatic hydroxyl groups excluding tert-OH is 1. The van der Waals surface area contributed by atoms with E-state index in [9.17, 15) is 5.26 Å². The fraction of sp³-hybridized carbons (Fsp3) is 0.200. The first-order chi connectivity index (χ1) is 12.3. The minimum absolute atomic E-state index is 0.193. The van der Waals surface area contributed by atoms with Gasteiger partial charge in [-0.1, -0.05) is 30.3 Å². The first-order valence-electron chi connectivity index (χ1n) is 8.17. The zero-order chi connectivity index (χ0) is 17.5. The van der Waals surface area contributed by atoms with Crippen LogP contribution in [0.2, 0.25) is 0 Å². The van der Waals surface area contributed by atoms with E-state index in [0.717, 1.165) is 35.5 Å². The Balaban J connectivity index is 1.75. The third kappa shape index (κ3) is 4.06. The van der Waals surface area contributed by atoms with Crippen molar-refractivity contribution < 1.29 is 9.84 Å². The Morgan fingerprint density at radius 3 is 2.52 bits per heavy atom.